The standard InChI is InChI=1S/C26H28ClNO4/c1-26(2,3)16-8-6-15(7-9-16)22-21-23(29)19-13-17(27)10-11-20(19)32-24(21)25(30)28(22)14-18-5-4-12-31-18/h4-9,12,17,19-20,22H,10-11,13-14H2,1-3H3. The number of ether oxygens (including phenoxy) is 1. The lowest BCUT2D eigenvalue weighted by Crippen LogP contribution is -2.41. The van der Waals surface area contributed by atoms with Crippen molar-refractivity contribution in [2.75, 3.05) is 0 Å². The van der Waals surface area contributed by atoms with Gasteiger partial charge in [0.25, 0.3) is 5.91 Å². The average molecular weight is 454 g/mol. The van der Waals surface area contributed by atoms with E-state index in [0.717, 1.165) is 12.0 Å². The van der Waals surface area contributed by atoms with E-state index in [1.54, 1.807) is 17.2 Å². The van der Waals surface area contributed by atoms with Crippen molar-refractivity contribution in [2.24, 2.45) is 5.92 Å². The Morgan fingerprint density at radius 2 is 1.84 bits per heavy atom. The van der Waals surface area contributed by atoms with E-state index in [-0.39, 0.29) is 46.8 Å². The van der Waals surface area contributed by atoms with Gasteiger partial charge in [0.05, 0.1) is 30.3 Å². The van der Waals surface area contributed by atoms with Crippen LogP contribution < -0.4 is 0 Å². The van der Waals surface area contributed by atoms with Crippen LogP contribution in [0.3, 0.4) is 0 Å². The van der Waals surface area contributed by atoms with Crippen LogP contribution in [0.1, 0.15) is 63.0 Å². The molecule has 2 aliphatic heterocycles. The molecule has 1 amide bonds. The fourth-order valence-corrected chi connectivity index (χ4v) is 5.43. The van der Waals surface area contributed by atoms with E-state index in [4.69, 9.17) is 20.8 Å². The summed E-state index contributed by atoms with van der Waals surface area (Å²) in [6, 6.07) is 11.3. The molecule has 1 fully saturated rings. The van der Waals surface area contributed by atoms with Gasteiger partial charge in [0, 0.05) is 5.38 Å². The first-order valence-electron chi connectivity index (χ1n) is 11.3. The summed E-state index contributed by atoms with van der Waals surface area (Å²) >= 11 is 6.40. The van der Waals surface area contributed by atoms with E-state index in [1.165, 1.54) is 5.56 Å². The summed E-state index contributed by atoms with van der Waals surface area (Å²) in [4.78, 5) is 28.9. The maximum atomic E-state index is 13.7. The molecule has 3 heterocycles. The molecular weight excluding hydrogens is 426 g/mol. The molecule has 1 aromatic carbocycles. The zero-order valence-corrected chi connectivity index (χ0v) is 19.4. The largest absolute Gasteiger partial charge is 0.483 e. The molecule has 4 unspecified atom stereocenters. The number of alkyl halides is 1. The van der Waals surface area contributed by atoms with Crippen LogP contribution in [0.4, 0.5) is 0 Å². The second-order valence-electron chi connectivity index (χ2n) is 10.1. The Labute approximate surface area is 193 Å². The van der Waals surface area contributed by atoms with Crippen molar-refractivity contribution in [3.63, 3.8) is 0 Å². The normalized spacial score (nSPS) is 27.9. The van der Waals surface area contributed by atoms with Crippen molar-refractivity contribution in [1.82, 2.24) is 4.90 Å². The number of benzene rings is 1. The number of fused-ring (bicyclic) bond motifs is 1. The third kappa shape index (κ3) is 3.57. The van der Waals surface area contributed by atoms with Gasteiger partial charge in [-0.05, 0) is 47.9 Å². The van der Waals surface area contributed by atoms with E-state index >= 15 is 0 Å². The summed E-state index contributed by atoms with van der Waals surface area (Å²) in [5.41, 5.74) is 2.58. The third-order valence-electron chi connectivity index (χ3n) is 6.88. The maximum Gasteiger partial charge on any atom is 0.290 e. The van der Waals surface area contributed by atoms with Crippen molar-refractivity contribution in [3.05, 3.63) is 70.9 Å². The molecule has 0 saturated heterocycles. The molecular formula is C26H28ClNO4. The zero-order valence-electron chi connectivity index (χ0n) is 18.6. The van der Waals surface area contributed by atoms with Crippen LogP contribution in [0.25, 0.3) is 0 Å². The monoisotopic (exact) mass is 453 g/mol. The molecule has 3 aliphatic rings. The molecule has 32 heavy (non-hydrogen) atoms. The molecule has 0 bridgehead atoms. The van der Waals surface area contributed by atoms with Crippen LogP contribution in [0, 0.1) is 5.92 Å². The van der Waals surface area contributed by atoms with Crippen LogP contribution in [-0.4, -0.2) is 28.1 Å². The highest BCUT2D eigenvalue weighted by atomic mass is 35.5. The van der Waals surface area contributed by atoms with Gasteiger partial charge in [0.1, 0.15) is 11.9 Å². The number of halogens is 1. The number of nitrogens with zero attached hydrogens (tertiary/aromatic N) is 1. The first kappa shape index (κ1) is 21.3. The molecule has 0 spiro atoms. The van der Waals surface area contributed by atoms with Gasteiger partial charge in [0.15, 0.2) is 11.5 Å². The number of ketones is 1. The van der Waals surface area contributed by atoms with Crippen LogP contribution in [0.15, 0.2) is 58.4 Å². The molecule has 4 atom stereocenters. The van der Waals surface area contributed by atoms with Crippen LogP contribution in [0.5, 0.6) is 0 Å². The van der Waals surface area contributed by atoms with Crippen LogP contribution in [-0.2, 0) is 26.3 Å². The van der Waals surface area contributed by atoms with E-state index in [0.29, 0.717) is 24.2 Å². The van der Waals surface area contributed by atoms with Gasteiger partial charge in [-0.25, -0.2) is 0 Å². The summed E-state index contributed by atoms with van der Waals surface area (Å²) in [6.07, 6.45) is 3.39. The van der Waals surface area contributed by atoms with E-state index in [2.05, 4.69) is 32.9 Å². The number of amides is 1. The van der Waals surface area contributed by atoms with Crippen molar-refractivity contribution in [3.8, 4) is 0 Å². The second kappa shape index (κ2) is 7.80. The first-order valence-corrected chi connectivity index (χ1v) is 11.7. The highest BCUT2D eigenvalue weighted by Gasteiger charge is 2.52. The number of Topliss-reactive ketones (excluding diaryl/α,β-unsaturated/α-hetero) is 1. The molecule has 5 rings (SSSR count). The van der Waals surface area contributed by atoms with Crippen molar-refractivity contribution >= 4 is 23.3 Å². The minimum Gasteiger partial charge on any atom is -0.483 e. The molecule has 0 N–H and O–H groups in total. The lowest BCUT2D eigenvalue weighted by Gasteiger charge is -2.37. The summed E-state index contributed by atoms with van der Waals surface area (Å²) in [6.45, 7) is 6.76. The molecule has 1 saturated carbocycles. The van der Waals surface area contributed by atoms with Crippen molar-refractivity contribution < 1.29 is 18.7 Å². The van der Waals surface area contributed by atoms with Gasteiger partial charge in [0.2, 0.25) is 0 Å². The Morgan fingerprint density at radius 1 is 1.09 bits per heavy atom. The maximum absolute atomic E-state index is 13.7. The molecule has 1 aromatic heterocycles. The SMILES string of the molecule is CC(C)(C)c1ccc(C2C3=C(OC4CCC(Cl)CC4C3=O)C(=O)N2Cc2ccco2)cc1. The summed E-state index contributed by atoms with van der Waals surface area (Å²) in [5, 5.41) is -0.0354. The van der Waals surface area contributed by atoms with Gasteiger partial charge < -0.3 is 14.1 Å². The number of furan rings is 1. The molecule has 168 valence electrons. The molecule has 0 radical (unpaired) electrons. The van der Waals surface area contributed by atoms with Crippen molar-refractivity contribution in [2.45, 2.75) is 69.5 Å². The number of carbonyl (C=O) groups excluding carboxylic acids is 2. The van der Waals surface area contributed by atoms with Crippen LogP contribution >= 0.6 is 11.6 Å². The van der Waals surface area contributed by atoms with Gasteiger partial charge in [-0.15, -0.1) is 11.6 Å². The number of carbonyl (C=O) groups is 2. The Balaban J connectivity index is 1.57. The number of rotatable bonds is 3. The molecule has 6 heteroatoms. The smallest absolute Gasteiger partial charge is 0.290 e. The Morgan fingerprint density at radius 3 is 2.50 bits per heavy atom. The summed E-state index contributed by atoms with van der Waals surface area (Å²) < 4.78 is 11.7. The third-order valence-corrected chi connectivity index (χ3v) is 7.27. The predicted molar refractivity (Wildman–Crippen MR) is 121 cm³/mol. The topological polar surface area (TPSA) is 59.8 Å². The highest BCUT2D eigenvalue weighted by Crippen LogP contribution is 2.48. The quantitative estimate of drug-likeness (QED) is 0.592. The minimum atomic E-state index is -0.499. The number of hydrogen-bond acceptors (Lipinski definition) is 4. The van der Waals surface area contributed by atoms with Gasteiger partial charge in [-0.3, -0.25) is 9.59 Å². The van der Waals surface area contributed by atoms with E-state index in [1.807, 2.05) is 18.2 Å². The highest BCUT2D eigenvalue weighted by molar-refractivity contribution is 6.21. The van der Waals surface area contributed by atoms with Crippen molar-refractivity contribution in [1.29, 1.82) is 0 Å². The Kier molecular flexibility index (Phi) is 5.20. The summed E-state index contributed by atoms with van der Waals surface area (Å²) in [5.74, 6) is 0.335. The fourth-order valence-electron chi connectivity index (χ4n) is 5.11. The summed E-state index contributed by atoms with van der Waals surface area (Å²) in [7, 11) is 0. The molecule has 5 nitrogen and oxygen atoms in total. The number of hydrogen-bond donors (Lipinski definition) is 0. The van der Waals surface area contributed by atoms with E-state index in [9.17, 15) is 9.59 Å². The predicted octanol–water partition coefficient (Wildman–Crippen LogP) is 5.29. The van der Waals surface area contributed by atoms with Gasteiger partial charge in [-0.2, -0.15) is 0 Å². The fraction of sp³-hybridized carbons (Fsp3) is 0.462. The minimum absolute atomic E-state index is 0.00166. The van der Waals surface area contributed by atoms with Gasteiger partial charge >= 0.3 is 0 Å². The molecule has 1 aliphatic carbocycles. The zero-order chi connectivity index (χ0) is 22.6. The Hall–Kier alpha value is -2.53. The second-order valence-corrected chi connectivity index (χ2v) is 10.7. The average Bonchev–Trinajstić information content (AvgIpc) is 3.36. The van der Waals surface area contributed by atoms with Gasteiger partial charge in [-0.1, -0.05) is 45.0 Å². The van der Waals surface area contributed by atoms with Crippen LogP contribution in [0.2, 0.25) is 0 Å². The van der Waals surface area contributed by atoms with E-state index < -0.39 is 6.04 Å². The first-order chi connectivity index (χ1) is 15.2. The Bertz CT molecular complexity index is 1060. The lowest BCUT2D eigenvalue weighted by atomic mass is 9.77. The lowest BCUT2D eigenvalue weighted by molar-refractivity contribution is -0.135. The molecule has 2 aromatic rings.